The number of carbonyl (C=O) groups excluding carboxylic acids is 2. The molecular weight excluding hydrogens is 412 g/mol. The maximum Gasteiger partial charge on any atom is 0.361 e. The number of benzene rings is 2. The monoisotopic (exact) mass is 432 g/mol. The van der Waals surface area contributed by atoms with Gasteiger partial charge in [-0.2, -0.15) is 0 Å². The van der Waals surface area contributed by atoms with E-state index in [0.29, 0.717) is 11.7 Å². The third-order valence-electron chi connectivity index (χ3n) is 4.61. The van der Waals surface area contributed by atoms with Crippen molar-refractivity contribution in [3.63, 3.8) is 0 Å². The van der Waals surface area contributed by atoms with Crippen LogP contribution in [0.1, 0.15) is 32.7 Å². The highest BCUT2D eigenvalue weighted by Crippen LogP contribution is 2.26. The van der Waals surface area contributed by atoms with Crippen LogP contribution in [-0.4, -0.2) is 23.5 Å². The van der Waals surface area contributed by atoms with E-state index in [1.54, 1.807) is 18.3 Å². The summed E-state index contributed by atoms with van der Waals surface area (Å²) in [4.78, 5) is 30.2. The molecule has 2 aromatic heterocycles. The first kappa shape index (κ1) is 20.6. The van der Waals surface area contributed by atoms with Crippen LogP contribution < -0.4 is 5.32 Å². The normalized spacial score (nSPS) is 11.6. The summed E-state index contributed by atoms with van der Waals surface area (Å²) in [6, 6.07) is 22.5. The summed E-state index contributed by atoms with van der Waals surface area (Å²) < 4.78 is 10.8. The van der Waals surface area contributed by atoms with Crippen molar-refractivity contribution in [1.29, 1.82) is 0 Å². The van der Waals surface area contributed by atoms with E-state index in [9.17, 15) is 9.59 Å². The molecule has 31 heavy (non-hydrogen) atoms. The molecule has 0 radical (unpaired) electrons. The van der Waals surface area contributed by atoms with Gasteiger partial charge in [0.1, 0.15) is 5.76 Å². The van der Waals surface area contributed by atoms with Crippen LogP contribution in [0.3, 0.4) is 0 Å². The maximum absolute atomic E-state index is 12.5. The minimum atomic E-state index is -0.703. The number of hydrogen-bond donors (Lipinski definition) is 1. The van der Waals surface area contributed by atoms with E-state index in [1.807, 2.05) is 78.2 Å². The lowest BCUT2D eigenvalue weighted by Crippen LogP contribution is -2.32. The second-order valence-corrected chi connectivity index (χ2v) is 7.77. The fourth-order valence-corrected chi connectivity index (χ4v) is 3.91. The average molecular weight is 433 g/mol. The van der Waals surface area contributed by atoms with Crippen LogP contribution in [0.25, 0.3) is 11.5 Å². The summed E-state index contributed by atoms with van der Waals surface area (Å²) in [6.45, 7) is 1.22. The quantitative estimate of drug-likeness (QED) is 0.425. The van der Waals surface area contributed by atoms with Gasteiger partial charge in [-0.05, 0) is 36.1 Å². The number of hydrogen-bond acceptors (Lipinski definition) is 6. The Labute approximate surface area is 183 Å². The SMILES string of the molecule is Cc1oc(-c2ccccc2)nc1C(=O)OCC(=O)NC(c1ccccc1)c1cccs1. The largest absolute Gasteiger partial charge is 0.451 e. The summed E-state index contributed by atoms with van der Waals surface area (Å²) in [6.07, 6.45) is 0. The number of nitrogens with one attached hydrogen (secondary N) is 1. The van der Waals surface area contributed by atoms with Gasteiger partial charge in [0, 0.05) is 10.4 Å². The number of aryl methyl sites for hydroxylation is 1. The van der Waals surface area contributed by atoms with Gasteiger partial charge in [0.15, 0.2) is 12.3 Å². The highest BCUT2D eigenvalue weighted by molar-refractivity contribution is 7.10. The molecule has 2 aromatic carbocycles. The van der Waals surface area contributed by atoms with Gasteiger partial charge in [0.05, 0.1) is 6.04 Å². The average Bonchev–Trinajstić information content (AvgIpc) is 3.47. The summed E-state index contributed by atoms with van der Waals surface area (Å²) in [5.74, 6) is -0.438. The van der Waals surface area contributed by atoms with Gasteiger partial charge in [-0.3, -0.25) is 4.79 Å². The van der Waals surface area contributed by atoms with E-state index >= 15 is 0 Å². The molecular formula is C24H20N2O4S. The number of carbonyl (C=O) groups is 2. The second-order valence-electron chi connectivity index (χ2n) is 6.79. The molecule has 1 atom stereocenters. The van der Waals surface area contributed by atoms with Gasteiger partial charge in [0.25, 0.3) is 5.91 Å². The molecule has 0 saturated heterocycles. The van der Waals surface area contributed by atoms with Gasteiger partial charge >= 0.3 is 5.97 Å². The summed E-state index contributed by atoms with van der Waals surface area (Å²) in [5.41, 5.74) is 1.76. The first-order valence-electron chi connectivity index (χ1n) is 9.69. The van der Waals surface area contributed by atoms with Crippen LogP contribution in [0.5, 0.6) is 0 Å². The first-order chi connectivity index (χ1) is 15.1. The molecule has 1 unspecified atom stereocenters. The van der Waals surface area contributed by atoms with E-state index in [2.05, 4.69) is 10.3 Å². The van der Waals surface area contributed by atoms with Crippen LogP contribution in [0.2, 0.25) is 0 Å². The molecule has 0 saturated carbocycles. The molecule has 0 spiro atoms. The molecule has 0 aliphatic carbocycles. The lowest BCUT2D eigenvalue weighted by Gasteiger charge is -2.18. The summed E-state index contributed by atoms with van der Waals surface area (Å²) >= 11 is 1.55. The third-order valence-corrected chi connectivity index (χ3v) is 5.55. The zero-order valence-corrected chi connectivity index (χ0v) is 17.6. The first-order valence-corrected chi connectivity index (χ1v) is 10.6. The Hall–Kier alpha value is -3.71. The Bertz CT molecular complexity index is 1160. The molecule has 156 valence electrons. The molecule has 4 rings (SSSR count). The molecule has 0 fully saturated rings. The number of esters is 1. The van der Waals surface area contributed by atoms with Gasteiger partial charge in [0.2, 0.25) is 5.89 Å². The van der Waals surface area contributed by atoms with E-state index in [0.717, 1.165) is 16.0 Å². The molecule has 4 aromatic rings. The molecule has 1 N–H and O–H groups in total. The number of thiophene rings is 1. The highest BCUT2D eigenvalue weighted by atomic mass is 32.1. The van der Waals surface area contributed by atoms with Crippen molar-refractivity contribution < 1.29 is 18.7 Å². The minimum absolute atomic E-state index is 0.0597. The Morgan fingerprint density at radius 3 is 2.42 bits per heavy atom. The van der Waals surface area contributed by atoms with Crippen molar-refractivity contribution in [1.82, 2.24) is 10.3 Å². The van der Waals surface area contributed by atoms with Crippen LogP contribution >= 0.6 is 11.3 Å². The second kappa shape index (κ2) is 9.40. The van der Waals surface area contributed by atoms with Crippen molar-refractivity contribution in [3.05, 3.63) is 100 Å². The number of oxazole rings is 1. The Morgan fingerprint density at radius 2 is 1.74 bits per heavy atom. The van der Waals surface area contributed by atoms with E-state index in [1.165, 1.54) is 0 Å². The van der Waals surface area contributed by atoms with E-state index < -0.39 is 18.5 Å². The Balaban J connectivity index is 1.41. The van der Waals surface area contributed by atoms with Crippen molar-refractivity contribution in [3.8, 4) is 11.5 Å². The number of rotatable bonds is 7. The molecule has 7 heteroatoms. The molecule has 0 aliphatic rings. The predicted molar refractivity (Wildman–Crippen MR) is 118 cm³/mol. The van der Waals surface area contributed by atoms with Crippen LogP contribution in [-0.2, 0) is 9.53 Å². The lowest BCUT2D eigenvalue weighted by molar-refractivity contribution is -0.124. The number of ether oxygens (including phenoxy) is 1. The van der Waals surface area contributed by atoms with Gasteiger partial charge < -0.3 is 14.5 Å². The van der Waals surface area contributed by atoms with E-state index in [-0.39, 0.29) is 11.7 Å². The third kappa shape index (κ3) is 4.90. The molecule has 1 amide bonds. The summed E-state index contributed by atoms with van der Waals surface area (Å²) in [5, 5.41) is 4.89. The lowest BCUT2D eigenvalue weighted by atomic mass is 10.1. The smallest absolute Gasteiger partial charge is 0.361 e. The predicted octanol–water partition coefficient (Wildman–Crippen LogP) is 4.77. The molecule has 6 nitrogen and oxygen atoms in total. The van der Waals surface area contributed by atoms with Crippen molar-refractivity contribution in [2.24, 2.45) is 0 Å². The fourth-order valence-electron chi connectivity index (χ4n) is 3.11. The zero-order chi connectivity index (χ0) is 21.6. The Morgan fingerprint density at radius 1 is 1.03 bits per heavy atom. The van der Waals surface area contributed by atoms with Gasteiger partial charge in [-0.1, -0.05) is 54.6 Å². The van der Waals surface area contributed by atoms with E-state index in [4.69, 9.17) is 9.15 Å². The highest BCUT2D eigenvalue weighted by Gasteiger charge is 2.22. The number of nitrogens with zero attached hydrogens (tertiary/aromatic N) is 1. The van der Waals surface area contributed by atoms with Crippen LogP contribution in [0.4, 0.5) is 0 Å². The van der Waals surface area contributed by atoms with Crippen molar-refractivity contribution >= 4 is 23.2 Å². The minimum Gasteiger partial charge on any atom is -0.451 e. The van der Waals surface area contributed by atoms with Crippen molar-refractivity contribution in [2.45, 2.75) is 13.0 Å². The van der Waals surface area contributed by atoms with Crippen LogP contribution in [0.15, 0.2) is 82.6 Å². The van der Waals surface area contributed by atoms with Crippen LogP contribution in [0, 0.1) is 6.92 Å². The zero-order valence-electron chi connectivity index (χ0n) is 16.8. The Kier molecular flexibility index (Phi) is 6.24. The standard InChI is InChI=1S/C24H20N2O4S/c1-16-21(26-23(30-16)18-11-6-3-7-12-18)24(28)29-15-20(27)25-22(19-13-8-14-31-19)17-9-4-2-5-10-17/h2-14,22H,15H2,1H3,(H,25,27). The topological polar surface area (TPSA) is 81.4 Å². The maximum atomic E-state index is 12.5. The molecule has 0 bridgehead atoms. The number of aromatic nitrogens is 1. The van der Waals surface area contributed by atoms with Crippen molar-refractivity contribution in [2.75, 3.05) is 6.61 Å². The molecule has 0 aliphatic heterocycles. The van der Waals surface area contributed by atoms with Gasteiger partial charge in [-0.15, -0.1) is 11.3 Å². The molecule has 2 heterocycles. The fraction of sp³-hybridized carbons (Fsp3) is 0.125. The summed E-state index contributed by atoms with van der Waals surface area (Å²) in [7, 11) is 0. The van der Waals surface area contributed by atoms with Gasteiger partial charge in [-0.25, -0.2) is 9.78 Å². The number of amides is 1.